The van der Waals surface area contributed by atoms with E-state index in [2.05, 4.69) is 20.0 Å². The van der Waals surface area contributed by atoms with Crippen LogP contribution >= 0.6 is 11.3 Å². The van der Waals surface area contributed by atoms with Crippen LogP contribution in [0.5, 0.6) is 0 Å². The second kappa shape index (κ2) is 4.71. The molecule has 2 aromatic rings. The van der Waals surface area contributed by atoms with Crippen molar-refractivity contribution < 1.29 is 9.53 Å². The van der Waals surface area contributed by atoms with E-state index in [1.165, 1.54) is 19.5 Å². The lowest BCUT2D eigenvalue weighted by atomic mass is 10.4. The number of aromatic nitrogens is 2. The Morgan fingerprint density at radius 1 is 1.44 bits per heavy atom. The van der Waals surface area contributed by atoms with Gasteiger partial charge in [-0.1, -0.05) is 0 Å². The highest BCUT2D eigenvalue weighted by atomic mass is 32.1. The number of thiophene rings is 1. The minimum absolute atomic E-state index is 0.193. The van der Waals surface area contributed by atoms with E-state index in [0.717, 1.165) is 5.69 Å². The van der Waals surface area contributed by atoms with E-state index < -0.39 is 5.97 Å². The first-order chi connectivity index (χ1) is 7.79. The van der Waals surface area contributed by atoms with Gasteiger partial charge in [-0.2, -0.15) is 11.3 Å². The number of hydrogen-bond donors (Lipinski definition) is 1. The normalized spacial score (nSPS) is 9.81. The highest BCUT2D eigenvalue weighted by molar-refractivity contribution is 7.08. The number of carbonyl (C=O) groups excluding carboxylic acids is 1. The molecule has 0 saturated heterocycles. The molecule has 0 aliphatic rings. The van der Waals surface area contributed by atoms with Crippen molar-refractivity contribution in [2.75, 3.05) is 12.4 Å². The maximum absolute atomic E-state index is 11.1. The number of nitrogens with zero attached hydrogens (tertiary/aromatic N) is 2. The molecule has 5 nitrogen and oxygen atoms in total. The van der Waals surface area contributed by atoms with Crippen LogP contribution in [0, 0.1) is 0 Å². The molecule has 0 saturated carbocycles. The third-order valence-electron chi connectivity index (χ3n) is 1.84. The van der Waals surface area contributed by atoms with Crippen LogP contribution in [0.3, 0.4) is 0 Å². The van der Waals surface area contributed by atoms with Gasteiger partial charge in [0.15, 0.2) is 5.69 Å². The van der Waals surface area contributed by atoms with E-state index >= 15 is 0 Å². The molecule has 0 fully saturated rings. The molecular weight excluding hydrogens is 226 g/mol. The summed E-state index contributed by atoms with van der Waals surface area (Å²) in [7, 11) is 1.31. The topological polar surface area (TPSA) is 64.1 Å². The molecule has 82 valence electrons. The van der Waals surface area contributed by atoms with E-state index in [1.54, 1.807) is 11.3 Å². The third kappa shape index (κ3) is 2.34. The summed E-state index contributed by atoms with van der Waals surface area (Å²) in [5.74, 6) is 0.0978. The van der Waals surface area contributed by atoms with Gasteiger partial charge in [0.25, 0.3) is 0 Å². The first-order valence-corrected chi connectivity index (χ1v) is 5.43. The summed E-state index contributed by atoms with van der Waals surface area (Å²) < 4.78 is 4.52. The smallest absolute Gasteiger partial charge is 0.358 e. The highest BCUT2D eigenvalue weighted by Gasteiger charge is 2.07. The van der Waals surface area contributed by atoms with Crippen molar-refractivity contribution in [2.24, 2.45) is 0 Å². The van der Waals surface area contributed by atoms with Gasteiger partial charge in [-0.15, -0.1) is 0 Å². The minimum atomic E-state index is -0.491. The van der Waals surface area contributed by atoms with Gasteiger partial charge < -0.3 is 10.1 Å². The zero-order chi connectivity index (χ0) is 11.4. The summed E-state index contributed by atoms with van der Waals surface area (Å²) >= 11 is 1.59. The average Bonchev–Trinajstić information content (AvgIpc) is 2.82. The van der Waals surface area contributed by atoms with Crippen molar-refractivity contribution in [2.45, 2.75) is 0 Å². The number of nitrogens with one attached hydrogen (secondary N) is 1. The van der Waals surface area contributed by atoms with E-state index in [9.17, 15) is 4.79 Å². The molecule has 0 atom stereocenters. The van der Waals surface area contributed by atoms with Crippen LogP contribution in [0.1, 0.15) is 10.5 Å². The zero-order valence-electron chi connectivity index (χ0n) is 8.51. The summed E-state index contributed by atoms with van der Waals surface area (Å²) in [5, 5.41) is 6.96. The number of esters is 1. The van der Waals surface area contributed by atoms with E-state index in [0.29, 0.717) is 5.82 Å². The van der Waals surface area contributed by atoms with Gasteiger partial charge in [-0.25, -0.2) is 14.8 Å². The van der Waals surface area contributed by atoms with Crippen molar-refractivity contribution in [3.63, 3.8) is 0 Å². The van der Waals surface area contributed by atoms with Crippen molar-refractivity contribution in [1.82, 2.24) is 9.97 Å². The summed E-state index contributed by atoms with van der Waals surface area (Å²) in [4.78, 5) is 19.1. The molecule has 2 heterocycles. The van der Waals surface area contributed by atoms with Gasteiger partial charge in [-0.3, -0.25) is 0 Å². The lowest BCUT2D eigenvalue weighted by molar-refractivity contribution is 0.0593. The monoisotopic (exact) mass is 235 g/mol. The van der Waals surface area contributed by atoms with E-state index in [1.807, 2.05) is 16.8 Å². The van der Waals surface area contributed by atoms with Gasteiger partial charge >= 0.3 is 5.97 Å². The van der Waals surface area contributed by atoms with Gasteiger partial charge in [0.05, 0.1) is 25.2 Å². The molecule has 6 heteroatoms. The molecule has 2 aromatic heterocycles. The Labute approximate surface area is 96.1 Å². The third-order valence-corrected chi connectivity index (χ3v) is 2.52. The first kappa shape index (κ1) is 10.6. The van der Waals surface area contributed by atoms with Crippen LogP contribution in [-0.2, 0) is 4.74 Å². The van der Waals surface area contributed by atoms with Gasteiger partial charge in [0, 0.05) is 5.38 Å². The van der Waals surface area contributed by atoms with Crippen molar-refractivity contribution in [3.05, 3.63) is 34.9 Å². The Morgan fingerprint density at radius 3 is 2.88 bits per heavy atom. The van der Waals surface area contributed by atoms with Crippen molar-refractivity contribution >= 4 is 28.8 Å². The fourth-order valence-electron chi connectivity index (χ4n) is 1.09. The van der Waals surface area contributed by atoms with Gasteiger partial charge in [0.1, 0.15) is 5.82 Å². The van der Waals surface area contributed by atoms with Crippen LogP contribution in [0.4, 0.5) is 11.5 Å². The minimum Gasteiger partial charge on any atom is -0.464 e. The molecule has 2 rings (SSSR count). The molecule has 0 bridgehead atoms. The quantitative estimate of drug-likeness (QED) is 0.825. The largest absolute Gasteiger partial charge is 0.464 e. The Balaban J connectivity index is 2.10. The Hall–Kier alpha value is -1.95. The number of hydrogen-bond acceptors (Lipinski definition) is 6. The molecule has 0 unspecified atom stereocenters. The molecule has 0 aliphatic heterocycles. The summed E-state index contributed by atoms with van der Waals surface area (Å²) in [6.45, 7) is 0. The molecule has 0 spiro atoms. The average molecular weight is 235 g/mol. The van der Waals surface area contributed by atoms with Crippen LogP contribution in [0.2, 0.25) is 0 Å². The predicted molar refractivity (Wildman–Crippen MR) is 61.0 cm³/mol. The number of anilines is 2. The van der Waals surface area contributed by atoms with Crippen molar-refractivity contribution in [1.29, 1.82) is 0 Å². The molecule has 1 N–H and O–H groups in total. The molecule has 16 heavy (non-hydrogen) atoms. The fourth-order valence-corrected chi connectivity index (χ4v) is 1.67. The standard InChI is InChI=1S/C10H9N3O2S/c1-15-10(14)8-4-12-9(5-11-8)13-7-2-3-16-6-7/h2-6H,1H3,(H,12,13). The molecule has 0 aromatic carbocycles. The first-order valence-electron chi connectivity index (χ1n) is 4.49. The van der Waals surface area contributed by atoms with Crippen LogP contribution in [0.25, 0.3) is 0 Å². The maximum Gasteiger partial charge on any atom is 0.358 e. The van der Waals surface area contributed by atoms with Gasteiger partial charge in [-0.05, 0) is 11.4 Å². The summed E-state index contributed by atoms with van der Waals surface area (Å²) in [6, 6.07) is 1.93. The number of rotatable bonds is 3. The Morgan fingerprint density at radius 2 is 2.31 bits per heavy atom. The molecule has 0 amide bonds. The van der Waals surface area contributed by atoms with Crippen LogP contribution in [-0.4, -0.2) is 23.0 Å². The van der Waals surface area contributed by atoms with E-state index in [-0.39, 0.29) is 5.69 Å². The number of ether oxygens (including phenoxy) is 1. The van der Waals surface area contributed by atoms with Crippen LogP contribution < -0.4 is 5.32 Å². The lowest BCUT2D eigenvalue weighted by Gasteiger charge is -2.02. The lowest BCUT2D eigenvalue weighted by Crippen LogP contribution is -2.05. The maximum atomic E-state index is 11.1. The summed E-state index contributed by atoms with van der Waals surface area (Å²) in [6.07, 6.45) is 2.87. The molecule has 0 aliphatic carbocycles. The van der Waals surface area contributed by atoms with Gasteiger partial charge in [0.2, 0.25) is 0 Å². The Kier molecular flexibility index (Phi) is 3.11. The summed E-state index contributed by atoms with van der Waals surface area (Å²) in [5.41, 5.74) is 1.14. The number of carbonyl (C=O) groups is 1. The zero-order valence-corrected chi connectivity index (χ0v) is 9.32. The highest BCUT2D eigenvalue weighted by Crippen LogP contribution is 2.16. The fraction of sp³-hybridized carbons (Fsp3) is 0.100. The molecular formula is C10H9N3O2S. The second-order valence-corrected chi connectivity index (χ2v) is 3.70. The predicted octanol–water partition coefficient (Wildman–Crippen LogP) is 2.07. The molecule has 0 radical (unpaired) electrons. The van der Waals surface area contributed by atoms with Crippen molar-refractivity contribution in [3.8, 4) is 0 Å². The van der Waals surface area contributed by atoms with E-state index in [4.69, 9.17) is 0 Å². The SMILES string of the molecule is COC(=O)c1cnc(Nc2ccsc2)cn1. The Bertz CT molecular complexity index is 467. The second-order valence-electron chi connectivity index (χ2n) is 2.92. The van der Waals surface area contributed by atoms with Crippen LogP contribution in [0.15, 0.2) is 29.2 Å². The number of methoxy groups -OCH3 is 1.